The Bertz CT molecular complexity index is 1750. The minimum absolute atomic E-state index is 0.165. The molecule has 2 N–H and O–H groups in total. The Morgan fingerprint density at radius 2 is 1.48 bits per heavy atom. The fourth-order valence-corrected chi connectivity index (χ4v) is 6.12. The molecule has 6 rings (SSSR count). The smallest absolute Gasteiger partial charge is 0.205 e. The third-order valence-electron chi connectivity index (χ3n) is 8.01. The fraction of sp³-hybridized carbons (Fsp3) is 0.242. The molecule has 7 heteroatoms. The number of aromatic nitrogens is 4. The van der Waals surface area contributed by atoms with Crippen LogP contribution in [0.2, 0.25) is 0 Å². The number of hydrogen-bond acceptors (Lipinski definition) is 5. The lowest BCUT2D eigenvalue weighted by atomic mass is 9.76. The minimum atomic E-state index is -0.302. The van der Waals surface area contributed by atoms with Crippen molar-refractivity contribution in [3.8, 4) is 17.4 Å². The molecule has 7 nitrogen and oxygen atoms in total. The molecule has 200 valence electrons. The second-order valence-corrected chi connectivity index (χ2v) is 10.5. The van der Waals surface area contributed by atoms with Gasteiger partial charge in [-0.05, 0) is 88.4 Å². The fourth-order valence-electron chi connectivity index (χ4n) is 6.12. The number of nitrogens with zero attached hydrogens (tertiary/aromatic N) is 5. The van der Waals surface area contributed by atoms with Crippen molar-refractivity contribution in [2.45, 2.75) is 52.9 Å². The standard InChI is InChI=1S/C33H32N6O/c1-20-28(22(3)38(36-20)25-13-7-5-8-14-25)18-24-12-11-17-27-31(29(19-34)33(35)40-32(24)27)30-21(2)37-39(23(30)4)26-15-9-6-10-16-26/h5-10,13-16,18,31H,11-12,17,35H2,1-4H3/b24-18-/t31-/m0/s1. The number of hydrogen-bond donors (Lipinski definition) is 1. The van der Waals surface area contributed by atoms with Crippen LogP contribution in [0, 0.1) is 39.0 Å². The van der Waals surface area contributed by atoms with E-state index in [4.69, 9.17) is 20.7 Å². The highest BCUT2D eigenvalue weighted by Gasteiger charge is 2.38. The molecule has 4 aromatic rings. The van der Waals surface area contributed by atoms with Gasteiger partial charge in [0.1, 0.15) is 17.4 Å². The van der Waals surface area contributed by atoms with Crippen molar-refractivity contribution in [3.05, 3.63) is 123 Å². The summed E-state index contributed by atoms with van der Waals surface area (Å²) in [6, 6.07) is 22.6. The molecule has 3 heterocycles. The molecule has 0 fully saturated rings. The number of benzene rings is 2. The van der Waals surface area contributed by atoms with E-state index in [2.05, 4.69) is 38.1 Å². The monoisotopic (exact) mass is 528 g/mol. The molecule has 0 radical (unpaired) electrons. The van der Waals surface area contributed by atoms with Crippen LogP contribution in [0.25, 0.3) is 17.5 Å². The lowest BCUT2D eigenvalue weighted by molar-refractivity contribution is 0.277. The summed E-state index contributed by atoms with van der Waals surface area (Å²) in [4.78, 5) is 0. The summed E-state index contributed by atoms with van der Waals surface area (Å²) >= 11 is 0. The van der Waals surface area contributed by atoms with E-state index in [9.17, 15) is 5.26 Å². The van der Waals surface area contributed by atoms with Crippen LogP contribution in [0.5, 0.6) is 0 Å². The number of rotatable bonds is 4. The van der Waals surface area contributed by atoms with Gasteiger partial charge in [-0.3, -0.25) is 0 Å². The quantitative estimate of drug-likeness (QED) is 0.321. The Labute approximate surface area is 234 Å². The maximum Gasteiger partial charge on any atom is 0.205 e. The number of aryl methyl sites for hydroxylation is 2. The summed E-state index contributed by atoms with van der Waals surface area (Å²) in [5.41, 5.74) is 17.1. The van der Waals surface area contributed by atoms with Crippen LogP contribution in [0.3, 0.4) is 0 Å². The van der Waals surface area contributed by atoms with Crippen LogP contribution in [0.1, 0.15) is 59.1 Å². The molecule has 1 aliphatic carbocycles. The van der Waals surface area contributed by atoms with E-state index in [1.807, 2.05) is 71.7 Å². The predicted molar refractivity (Wildman–Crippen MR) is 156 cm³/mol. The number of ether oxygens (including phenoxy) is 1. The average Bonchev–Trinajstić information content (AvgIpc) is 3.42. The molecule has 1 atom stereocenters. The Morgan fingerprint density at radius 1 is 0.875 bits per heavy atom. The van der Waals surface area contributed by atoms with E-state index >= 15 is 0 Å². The van der Waals surface area contributed by atoms with E-state index in [0.29, 0.717) is 5.57 Å². The summed E-state index contributed by atoms with van der Waals surface area (Å²) in [6.45, 7) is 8.20. The lowest BCUT2D eigenvalue weighted by Gasteiger charge is -2.33. The van der Waals surface area contributed by atoms with E-state index < -0.39 is 0 Å². The van der Waals surface area contributed by atoms with Crippen LogP contribution in [0.4, 0.5) is 0 Å². The lowest BCUT2D eigenvalue weighted by Crippen LogP contribution is -2.24. The molecule has 1 aliphatic heterocycles. The van der Waals surface area contributed by atoms with Gasteiger partial charge >= 0.3 is 0 Å². The van der Waals surface area contributed by atoms with Gasteiger partial charge in [-0.2, -0.15) is 15.5 Å². The summed E-state index contributed by atoms with van der Waals surface area (Å²) in [5.74, 6) is 0.646. The van der Waals surface area contributed by atoms with Crippen molar-refractivity contribution in [1.82, 2.24) is 19.6 Å². The highest BCUT2D eigenvalue weighted by Crippen LogP contribution is 2.48. The summed E-state index contributed by atoms with van der Waals surface area (Å²) in [5, 5.41) is 19.9. The Kier molecular flexibility index (Phi) is 6.39. The highest BCUT2D eigenvalue weighted by molar-refractivity contribution is 5.65. The molecule has 0 saturated heterocycles. The highest BCUT2D eigenvalue weighted by atomic mass is 16.5. The summed E-state index contributed by atoms with van der Waals surface area (Å²) in [6.07, 6.45) is 4.84. The van der Waals surface area contributed by atoms with Gasteiger partial charge in [-0.1, -0.05) is 36.4 Å². The first-order chi connectivity index (χ1) is 19.4. The molecule has 40 heavy (non-hydrogen) atoms. The molecule has 0 spiro atoms. The first-order valence-electron chi connectivity index (χ1n) is 13.6. The van der Waals surface area contributed by atoms with Crippen molar-refractivity contribution < 1.29 is 4.74 Å². The average molecular weight is 529 g/mol. The molecule has 0 saturated carbocycles. The second-order valence-electron chi connectivity index (χ2n) is 10.5. The van der Waals surface area contributed by atoms with Gasteiger partial charge in [0.25, 0.3) is 0 Å². The van der Waals surface area contributed by atoms with Crippen LogP contribution >= 0.6 is 0 Å². The third-order valence-corrected chi connectivity index (χ3v) is 8.01. The molecule has 0 amide bonds. The molecule has 0 bridgehead atoms. The van der Waals surface area contributed by atoms with Crippen molar-refractivity contribution in [1.29, 1.82) is 5.26 Å². The van der Waals surface area contributed by atoms with E-state index in [-0.39, 0.29) is 11.8 Å². The number of allylic oxidation sites excluding steroid dienone is 3. The van der Waals surface area contributed by atoms with Gasteiger partial charge < -0.3 is 10.5 Å². The number of nitrogens with two attached hydrogens (primary N) is 1. The third kappa shape index (κ3) is 4.13. The summed E-state index contributed by atoms with van der Waals surface area (Å²) in [7, 11) is 0. The van der Waals surface area contributed by atoms with Gasteiger partial charge in [0.15, 0.2) is 0 Å². The molecule has 2 aromatic heterocycles. The van der Waals surface area contributed by atoms with Crippen LogP contribution in [-0.2, 0) is 4.74 Å². The normalized spacial score (nSPS) is 18.1. The Morgan fingerprint density at radius 3 is 2.10 bits per heavy atom. The van der Waals surface area contributed by atoms with Gasteiger partial charge in [-0.25, -0.2) is 9.36 Å². The first-order valence-corrected chi connectivity index (χ1v) is 13.6. The van der Waals surface area contributed by atoms with Gasteiger partial charge in [0, 0.05) is 22.5 Å². The summed E-state index contributed by atoms with van der Waals surface area (Å²) < 4.78 is 10.2. The van der Waals surface area contributed by atoms with Gasteiger partial charge in [-0.15, -0.1) is 0 Å². The number of para-hydroxylation sites is 2. The maximum atomic E-state index is 10.2. The maximum absolute atomic E-state index is 10.2. The molecule has 2 aromatic carbocycles. The van der Waals surface area contributed by atoms with Gasteiger partial charge in [0.05, 0.1) is 28.7 Å². The molecular weight excluding hydrogens is 496 g/mol. The molecular formula is C33H32N6O. The molecule has 0 unspecified atom stereocenters. The van der Waals surface area contributed by atoms with E-state index in [0.717, 1.165) is 81.4 Å². The zero-order valence-electron chi connectivity index (χ0n) is 23.3. The first kappa shape index (κ1) is 25.4. The van der Waals surface area contributed by atoms with Crippen LogP contribution in [-0.4, -0.2) is 19.6 Å². The van der Waals surface area contributed by atoms with Crippen LogP contribution in [0.15, 0.2) is 89.0 Å². The van der Waals surface area contributed by atoms with Gasteiger partial charge in [0.2, 0.25) is 5.88 Å². The van der Waals surface area contributed by atoms with E-state index in [1.54, 1.807) is 0 Å². The zero-order valence-corrected chi connectivity index (χ0v) is 23.3. The second kappa shape index (κ2) is 10.0. The number of nitriles is 1. The topological polar surface area (TPSA) is 94.7 Å². The van der Waals surface area contributed by atoms with Crippen molar-refractivity contribution in [3.63, 3.8) is 0 Å². The zero-order chi connectivity index (χ0) is 28.0. The minimum Gasteiger partial charge on any atom is -0.440 e. The van der Waals surface area contributed by atoms with E-state index in [1.165, 1.54) is 0 Å². The Balaban J connectivity index is 1.49. The largest absolute Gasteiger partial charge is 0.440 e. The van der Waals surface area contributed by atoms with Crippen molar-refractivity contribution in [2.24, 2.45) is 5.73 Å². The predicted octanol–water partition coefficient (Wildman–Crippen LogP) is 6.62. The van der Waals surface area contributed by atoms with Crippen molar-refractivity contribution >= 4 is 6.08 Å². The van der Waals surface area contributed by atoms with Crippen molar-refractivity contribution in [2.75, 3.05) is 0 Å². The van der Waals surface area contributed by atoms with Crippen LogP contribution < -0.4 is 5.73 Å². The Hall–Kier alpha value is -4.83. The molecule has 2 aliphatic rings. The SMILES string of the molecule is Cc1nn(-c2ccccc2)c(C)c1/C=C1/CCCC2=C1OC(N)=C(C#N)[C@H]2c1c(C)nn(-c2ccccc2)c1C.